The fourth-order valence-corrected chi connectivity index (χ4v) is 3.41. The molecule has 0 bridgehead atoms. The topological polar surface area (TPSA) is 75.7 Å². The number of benzene rings is 2. The molecule has 2 aromatic rings. The van der Waals surface area contributed by atoms with Crippen molar-refractivity contribution >= 4 is 50.5 Å². The van der Waals surface area contributed by atoms with Crippen molar-refractivity contribution in [3.63, 3.8) is 0 Å². The molecule has 0 aliphatic rings. The zero-order chi connectivity index (χ0) is 18.6. The predicted molar refractivity (Wildman–Crippen MR) is 100 cm³/mol. The van der Waals surface area contributed by atoms with E-state index in [1.807, 2.05) is 0 Å². The summed E-state index contributed by atoms with van der Waals surface area (Å²) in [5.41, 5.74) is 0.618. The molecule has 0 unspecified atom stereocenters. The summed E-state index contributed by atoms with van der Waals surface area (Å²) < 4.78 is 30.2. The van der Waals surface area contributed by atoms with Gasteiger partial charge in [-0.2, -0.15) is 0 Å². The van der Waals surface area contributed by atoms with E-state index in [9.17, 15) is 13.2 Å². The van der Waals surface area contributed by atoms with Crippen molar-refractivity contribution in [1.29, 1.82) is 0 Å². The summed E-state index contributed by atoms with van der Waals surface area (Å²) in [6.45, 7) is -0.448. The van der Waals surface area contributed by atoms with Crippen LogP contribution < -0.4 is 14.4 Å². The number of methoxy groups -OCH3 is 1. The molecule has 0 saturated carbocycles. The highest BCUT2D eigenvalue weighted by atomic mass is 35.5. The van der Waals surface area contributed by atoms with Gasteiger partial charge in [0.15, 0.2) is 0 Å². The molecule has 0 aliphatic heterocycles. The fraction of sp³-hybridized carbons (Fsp3) is 0.188. The number of halogens is 2. The summed E-state index contributed by atoms with van der Waals surface area (Å²) in [7, 11) is -2.25. The quantitative estimate of drug-likeness (QED) is 0.802. The van der Waals surface area contributed by atoms with Crippen LogP contribution in [-0.4, -0.2) is 34.2 Å². The standard InChI is InChI=1S/C16H16Cl2N2O4S/c1-24-12-6-3-5-11(9-12)19-15(21)10-20(25(2,22)23)14-8-4-7-13(17)16(14)18/h3-9H,10H2,1-2H3,(H,19,21). The van der Waals surface area contributed by atoms with E-state index in [0.717, 1.165) is 10.6 Å². The maximum Gasteiger partial charge on any atom is 0.245 e. The molecule has 9 heteroatoms. The molecule has 25 heavy (non-hydrogen) atoms. The van der Waals surface area contributed by atoms with Gasteiger partial charge in [0.25, 0.3) is 0 Å². The van der Waals surface area contributed by atoms with Crippen molar-refractivity contribution in [2.75, 3.05) is 29.5 Å². The molecular formula is C16H16Cl2N2O4S. The highest BCUT2D eigenvalue weighted by Crippen LogP contribution is 2.33. The number of anilines is 2. The van der Waals surface area contributed by atoms with E-state index in [0.29, 0.717) is 11.4 Å². The molecule has 0 saturated heterocycles. The second-order valence-corrected chi connectivity index (χ2v) is 7.81. The molecule has 134 valence electrons. The van der Waals surface area contributed by atoms with Crippen LogP contribution in [0.2, 0.25) is 10.0 Å². The van der Waals surface area contributed by atoms with Crippen LogP contribution in [0.15, 0.2) is 42.5 Å². The molecule has 1 amide bonds. The van der Waals surface area contributed by atoms with E-state index >= 15 is 0 Å². The molecule has 0 aliphatic carbocycles. The Hall–Kier alpha value is -1.96. The molecule has 1 N–H and O–H groups in total. The zero-order valence-electron chi connectivity index (χ0n) is 13.5. The number of hydrogen-bond donors (Lipinski definition) is 1. The van der Waals surface area contributed by atoms with E-state index in [1.165, 1.54) is 19.2 Å². The minimum Gasteiger partial charge on any atom is -0.497 e. The molecule has 0 atom stereocenters. The van der Waals surface area contributed by atoms with Crippen LogP contribution in [0.1, 0.15) is 0 Å². The van der Waals surface area contributed by atoms with Gasteiger partial charge < -0.3 is 10.1 Å². The number of amides is 1. The summed E-state index contributed by atoms with van der Waals surface area (Å²) in [5.74, 6) is 0.0328. The first-order valence-electron chi connectivity index (χ1n) is 7.08. The average molecular weight is 403 g/mol. The number of hydrogen-bond acceptors (Lipinski definition) is 4. The molecule has 2 rings (SSSR count). The Morgan fingerprint density at radius 1 is 1.20 bits per heavy atom. The van der Waals surface area contributed by atoms with E-state index in [-0.39, 0.29) is 15.7 Å². The molecule has 0 radical (unpaired) electrons. The lowest BCUT2D eigenvalue weighted by atomic mass is 10.3. The van der Waals surface area contributed by atoms with Crippen LogP contribution in [0.25, 0.3) is 0 Å². The van der Waals surface area contributed by atoms with Gasteiger partial charge in [-0.15, -0.1) is 0 Å². The summed E-state index contributed by atoms with van der Waals surface area (Å²) in [6, 6.07) is 11.3. The molecular weight excluding hydrogens is 387 g/mol. The van der Waals surface area contributed by atoms with Crippen LogP contribution in [0, 0.1) is 0 Å². The van der Waals surface area contributed by atoms with E-state index < -0.39 is 22.5 Å². The van der Waals surface area contributed by atoms with Crippen LogP contribution in [0.5, 0.6) is 5.75 Å². The Balaban J connectivity index is 2.25. The molecule has 0 aromatic heterocycles. The predicted octanol–water partition coefficient (Wildman–Crippen LogP) is 3.41. The van der Waals surface area contributed by atoms with E-state index in [2.05, 4.69) is 5.32 Å². The third-order valence-corrected chi connectivity index (χ3v) is 5.18. The fourth-order valence-electron chi connectivity index (χ4n) is 2.10. The Bertz CT molecular complexity index is 887. The Morgan fingerprint density at radius 2 is 1.88 bits per heavy atom. The van der Waals surface area contributed by atoms with Crippen molar-refractivity contribution < 1.29 is 17.9 Å². The minimum atomic E-state index is -3.75. The van der Waals surface area contributed by atoms with Crippen molar-refractivity contribution in [3.8, 4) is 5.75 Å². The first-order valence-corrected chi connectivity index (χ1v) is 9.68. The van der Waals surface area contributed by atoms with Crippen LogP contribution in [0.4, 0.5) is 11.4 Å². The van der Waals surface area contributed by atoms with Crippen molar-refractivity contribution in [2.45, 2.75) is 0 Å². The number of carbonyl (C=O) groups is 1. The lowest BCUT2D eigenvalue weighted by Crippen LogP contribution is -2.37. The van der Waals surface area contributed by atoms with Gasteiger partial charge in [-0.1, -0.05) is 35.3 Å². The van der Waals surface area contributed by atoms with Gasteiger partial charge in [-0.3, -0.25) is 9.10 Å². The third-order valence-electron chi connectivity index (χ3n) is 3.24. The normalized spacial score (nSPS) is 11.0. The van der Waals surface area contributed by atoms with Crippen LogP contribution in [-0.2, 0) is 14.8 Å². The highest BCUT2D eigenvalue weighted by molar-refractivity contribution is 7.92. The van der Waals surface area contributed by atoms with E-state index in [4.69, 9.17) is 27.9 Å². The first kappa shape index (κ1) is 19.4. The average Bonchev–Trinajstić information content (AvgIpc) is 2.55. The lowest BCUT2D eigenvalue weighted by Gasteiger charge is -2.23. The molecule has 0 spiro atoms. The van der Waals surface area contributed by atoms with Crippen molar-refractivity contribution in [1.82, 2.24) is 0 Å². The smallest absolute Gasteiger partial charge is 0.245 e. The number of nitrogens with one attached hydrogen (secondary N) is 1. The first-order chi connectivity index (χ1) is 11.7. The van der Waals surface area contributed by atoms with Gasteiger partial charge in [0, 0.05) is 11.8 Å². The minimum absolute atomic E-state index is 0.0590. The van der Waals surface area contributed by atoms with Gasteiger partial charge in [0.2, 0.25) is 15.9 Å². The van der Waals surface area contributed by atoms with Crippen molar-refractivity contribution in [3.05, 3.63) is 52.5 Å². The number of nitrogens with zero attached hydrogens (tertiary/aromatic N) is 1. The zero-order valence-corrected chi connectivity index (χ0v) is 15.8. The van der Waals surface area contributed by atoms with Gasteiger partial charge >= 0.3 is 0 Å². The second kappa shape index (κ2) is 7.95. The highest BCUT2D eigenvalue weighted by Gasteiger charge is 2.24. The number of ether oxygens (including phenoxy) is 1. The summed E-state index contributed by atoms with van der Waals surface area (Å²) in [5, 5.41) is 2.88. The molecule has 2 aromatic carbocycles. The number of rotatable bonds is 6. The van der Waals surface area contributed by atoms with Gasteiger partial charge in [0.1, 0.15) is 12.3 Å². The van der Waals surface area contributed by atoms with Gasteiger partial charge in [-0.05, 0) is 24.3 Å². The maximum atomic E-state index is 12.3. The SMILES string of the molecule is COc1cccc(NC(=O)CN(c2cccc(Cl)c2Cl)S(C)(=O)=O)c1. The largest absolute Gasteiger partial charge is 0.497 e. The van der Waals surface area contributed by atoms with Gasteiger partial charge in [-0.25, -0.2) is 8.42 Å². The second-order valence-electron chi connectivity index (χ2n) is 5.12. The Morgan fingerprint density at radius 3 is 2.52 bits per heavy atom. The molecule has 6 nitrogen and oxygen atoms in total. The number of carbonyl (C=O) groups excluding carboxylic acids is 1. The van der Waals surface area contributed by atoms with Gasteiger partial charge in [0.05, 0.1) is 29.1 Å². The summed E-state index contributed by atoms with van der Waals surface area (Å²) in [4.78, 5) is 12.3. The van der Waals surface area contributed by atoms with E-state index in [1.54, 1.807) is 30.3 Å². The number of sulfonamides is 1. The molecule has 0 fully saturated rings. The molecule has 0 heterocycles. The van der Waals surface area contributed by atoms with Crippen LogP contribution in [0.3, 0.4) is 0 Å². The Kier molecular flexibility index (Phi) is 6.16. The monoisotopic (exact) mass is 402 g/mol. The Labute approximate surface area is 156 Å². The summed E-state index contributed by atoms with van der Waals surface area (Å²) in [6.07, 6.45) is 0.989. The lowest BCUT2D eigenvalue weighted by molar-refractivity contribution is -0.114. The summed E-state index contributed by atoms with van der Waals surface area (Å²) >= 11 is 12.0. The van der Waals surface area contributed by atoms with Crippen molar-refractivity contribution in [2.24, 2.45) is 0 Å². The third kappa shape index (κ3) is 5.01. The van der Waals surface area contributed by atoms with Crippen LogP contribution >= 0.6 is 23.2 Å². The maximum absolute atomic E-state index is 12.3.